The van der Waals surface area contributed by atoms with Gasteiger partial charge in [0.15, 0.2) is 5.16 Å². The van der Waals surface area contributed by atoms with Crippen LogP contribution < -0.4 is 15.3 Å². The van der Waals surface area contributed by atoms with Crippen LogP contribution in [0.2, 0.25) is 5.02 Å². The zero-order valence-electron chi connectivity index (χ0n) is 28.5. The number of aryl methyl sites for hydroxylation is 1. The second kappa shape index (κ2) is 15.0. The Morgan fingerprint density at radius 3 is 2.40 bits per heavy atom. The molecule has 4 heterocycles. The minimum atomic E-state index is -0.952. The fourth-order valence-electron chi connectivity index (χ4n) is 6.51. The Bertz CT molecular complexity index is 1920. The first-order chi connectivity index (χ1) is 24.3. The number of halogens is 1. The Morgan fingerprint density at radius 2 is 1.72 bits per heavy atom. The number of rotatable bonds is 12. The molecule has 0 N–H and O–H groups in total. The molecule has 0 amide bonds. The van der Waals surface area contributed by atoms with Crippen LogP contribution in [0.15, 0.2) is 95.4 Å². The van der Waals surface area contributed by atoms with Crippen LogP contribution in [0.4, 0.5) is 5.69 Å². The molecule has 2 aliphatic rings. The molecule has 2 aliphatic heterocycles. The molecule has 0 saturated carbocycles. The maximum Gasteiger partial charge on any atom is 0.350 e. The topological polar surface area (TPSA) is 101 Å². The van der Waals surface area contributed by atoms with Crippen molar-refractivity contribution >= 4 is 29.1 Å². The third-order valence-electron chi connectivity index (χ3n) is 9.68. The molecule has 7 rings (SSSR count). The lowest BCUT2D eigenvalue weighted by Crippen LogP contribution is -2.33. The number of ether oxygens (including phenoxy) is 3. The molecule has 0 radical (unpaired) electrons. The summed E-state index contributed by atoms with van der Waals surface area (Å²) in [6.45, 7) is 6.78. The molecule has 2 fully saturated rings. The molecule has 50 heavy (non-hydrogen) atoms. The van der Waals surface area contributed by atoms with Gasteiger partial charge in [0, 0.05) is 36.4 Å². The van der Waals surface area contributed by atoms with Gasteiger partial charge in [-0.1, -0.05) is 54.6 Å². The van der Waals surface area contributed by atoms with Crippen molar-refractivity contribution < 1.29 is 14.2 Å². The van der Waals surface area contributed by atoms with E-state index in [4.69, 9.17) is 25.8 Å². The van der Waals surface area contributed by atoms with E-state index >= 15 is 0 Å². The van der Waals surface area contributed by atoms with Gasteiger partial charge in [-0.15, -0.1) is 10.2 Å². The van der Waals surface area contributed by atoms with Crippen LogP contribution in [0.25, 0.3) is 5.69 Å². The van der Waals surface area contributed by atoms with Crippen LogP contribution in [0.1, 0.15) is 56.2 Å². The first-order valence-corrected chi connectivity index (χ1v) is 18.5. The number of hydrogen-bond donors (Lipinski definition) is 0. The summed E-state index contributed by atoms with van der Waals surface area (Å²) in [6, 6.07) is 24.3. The fourth-order valence-corrected chi connectivity index (χ4v) is 7.63. The van der Waals surface area contributed by atoms with Gasteiger partial charge in [0.25, 0.3) is 0 Å². The predicted octanol–water partition coefficient (Wildman–Crippen LogP) is 6.61. The average Bonchev–Trinajstić information content (AvgIpc) is 3.88. The molecule has 3 atom stereocenters. The largest absolute Gasteiger partial charge is 0.491 e. The number of hydrogen-bond acceptors (Lipinski definition) is 9. The summed E-state index contributed by atoms with van der Waals surface area (Å²) in [4.78, 5) is 15.2. The van der Waals surface area contributed by atoms with Crippen LogP contribution in [0, 0.1) is 0 Å². The average molecular weight is 716 g/mol. The summed E-state index contributed by atoms with van der Waals surface area (Å²) in [5.41, 5.74) is 4.12. The first-order valence-electron chi connectivity index (χ1n) is 17.1. The number of benzene rings is 3. The number of anilines is 1. The summed E-state index contributed by atoms with van der Waals surface area (Å²) in [5, 5.41) is 13.9. The van der Waals surface area contributed by atoms with Crippen molar-refractivity contribution in [2.75, 3.05) is 37.0 Å². The highest BCUT2D eigenvalue weighted by Gasteiger charge is 2.44. The zero-order chi connectivity index (χ0) is 34.7. The molecule has 262 valence electrons. The Morgan fingerprint density at radius 1 is 1.00 bits per heavy atom. The summed E-state index contributed by atoms with van der Waals surface area (Å²) in [7, 11) is 1.91. The third-order valence-corrected chi connectivity index (χ3v) is 11.1. The van der Waals surface area contributed by atoms with Crippen molar-refractivity contribution in [1.29, 1.82) is 0 Å². The Balaban J connectivity index is 0.914. The van der Waals surface area contributed by atoms with Crippen LogP contribution in [-0.2, 0) is 22.3 Å². The van der Waals surface area contributed by atoms with Gasteiger partial charge in [-0.2, -0.15) is 5.10 Å². The van der Waals surface area contributed by atoms with Gasteiger partial charge in [-0.3, -0.25) is 0 Å². The summed E-state index contributed by atoms with van der Waals surface area (Å²) in [5.74, 6) is 0.846. The summed E-state index contributed by atoms with van der Waals surface area (Å²) < 4.78 is 24.1. The molecule has 0 spiro atoms. The fraction of sp³-hybridized carbons (Fsp3) is 0.405. The Labute approximate surface area is 301 Å². The Kier molecular flexibility index (Phi) is 10.3. The highest BCUT2D eigenvalue weighted by atomic mass is 35.5. The smallest absolute Gasteiger partial charge is 0.350 e. The van der Waals surface area contributed by atoms with Gasteiger partial charge in [-0.25, -0.2) is 14.0 Å². The molecular formula is C37H42ClN7O4S. The van der Waals surface area contributed by atoms with Crippen LogP contribution in [0.5, 0.6) is 5.75 Å². The van der Waals surface area contributed by atoms with E-state index in [0.717, 1.165) is 54.5 Å². The molecule has 2 saturated heterocycles. The zero-order valence-corrected chi connectivity index (χ0v) is 30.1. The maximum atomic E-state index is 12.8. The quantitative estimate of drug-likeness (QED) is 0.132. The summed E-state index contributed by atoms with van der Waals surface area (Å²) >= 11 is 7.71. The number of aromatic nitrogens is 6. The normalized spacial score (nSPS) is 20.3. The van der Waals surface area contributed by atoms with Gasteiger partial charge in [-0.05, 0) is 86.2 Å². The SMILES string of the molecule is CCC(C)n1ncn(-c2ccc(N3CCC(c4ccc(OCC5COC(CSc6nncn6C)(c6ccc(Cl)cc6)O5)cc4)CC3)cc2)c1=O. The minimum Gasteiger partial charge on any atom is -0.491 e. The van der Waals surface area contributed by atoms with E-state index in [9.17, 15) is 4.79 Å². The van der Waals surface area contributed by atoms with Gasteiger partial charge in [0.05, 0.1) is 24.1 Å². The van der Waals surface area contributed by atoms with Gasteiger partial charge in [0.1, 0.15) is 31.1 Å². The van der Waals surface area contributed by atoms with E-state index in [1.54, 1.807) is 21.9 Å². The van der Waals surface area contributed by atoms with E-state index in [0.29, 0.717) is 29.9 Å². The lowest BCUT2D eigenvalue weighted by Gasteiger charge is -2.34. The molecule has 13 heteroatoms. The van der Waals surface area contributed by atoms with E-state index in [2.05, 4.69) is 63.5 Å². The molecule has 3 unspecified atom stereocenters. The Hall–Kier alpha value is -4.10. The van der Waals surface area contributed by atoms with Crippen LogP contribution in [0.3, 0.4) is 0 Å². The molecule has 11 nitrogen and oxygen atoms in total. The highest BCUT2D eigenvalue weighted by molar-refractivity contribution is 7.99. The lowest BCUT2D eigenvalue weighted by molar-refractivity contribution is -0.160. The van der Waals surface area contributed by atoms with Gasteiger partial charge < -0.3 is 23.7 Å². The number of nitrogens with zero attached hydrogens (tertiary/aromatic N) is 7. The van der Waals surface area contributed by atoms with E-state index in [-0.39, 0.29) is 17.8 Å². The minimum absolute atomic E-state index is 0.0727. The van der Waals surface area contributed by atoms with Crippen molar-refractivity contribution in [1.82, 2.24) is 29.1 Å². The maximum absolute atomic E-state index is 12.8. The van der Waals surface area contributed by atoms with Crippen molar-refractivity contribution in [3.63, 3.8) is 0 Å². The molecule has 0 bridgehead atoms. The standard InChI is InChI=1S/C37H42ClN7O4S/c1-4-26(2)45-36(46)44(25-40-45)32-13-11-31(12-14-32)43-19-17-28(18-20-43)27-5-15-33(16-6-27)47-21-34-22-48-37(49-34,29-7-9-30(38)10-8-29)23-50-35-41-39-24-42(35)3/h5-16,24-26,28,34H,4,17-23H2,1-3H3. The third kappa shape index (κ3) is 7.34. The van der Waals surface area contributed by atoms with Gasteiger partial charge in [0.2, 0.25) is 5.79 Å². The van der Waals surface area contributed by atoms with Gasteiger partial charge >= 0.3 is 5.69 Å². The molecular weight excluding hydrogens is 674 g/mol. The van der Waals surface area contributed by atoms with E-state index < -0.39 is 5.79 Å². The van der Waals surface area contributed by atoms with Crippen LogP contribution in [-0.4, -0.2) is 67.3 Å². The monoisotopic (exact) mass is 715 g/mol. The van der Waals surface area contributed by atoms with Crippen LogP contribution >= 0.6 is 23.4 Å². The van der Waals surface area contributed by atoms with E-state index in [1.165, 1.54) is 23.0 Å². The van der Waals surface area contributed by atoms with Crippen molar-refractivity contribution in [3.8, 4) is 11.4 Å². The second-order valence-electron chi connectivity index (χ2n) is 13.0. The van der Waals surface area contributed by atoms with E-state index in [1.807, 2.05) is 54.9 Å². The molecule has 0 aliphatic carbocycles. The highest BCUT2D eigenvalue weighted by Crippen LogP contribution is 2.39. The molecule has 3 aromatic carbocycles. The van der Waals surface area contributed by atoms with Crippen molar-refractivity contribution in [2.24, 2.45) is 7.05 Å². The van der Waals surface area contributed by atoms with Crippen molar-refractivity contribution in [2.45, 2.75) is 62.1 Å². The molecule has 2 aromatic heterocycles. The lowest BCUT2D eigenvalue weighted by atomic mass is 9.89. The first kappa shape index (κ1) is 34.4. The van der Waals surface area contributed by atoms with Crippen molar-refractivity contribution in [3.05, 3.63) is 112 Å². The number of thioether (sulfide) groups is 1. The second-order valence-corrected chi connectivity index (χ2v) is 14.3. The molecule has 5 aromatic rings. The summed E-state index contributed by atoms with van der Waals surface area (Å²) in [6.07, 6.45) is 6.03. The predicted molar refractivity (Wildman–Crippen MR) is 195 cm³/mol. The number of piperidine rings is 1.